The van der Waals surface area contributed by atoms with Crippen LogP contribution in [0, 0.1) is 0 Å². The molecule has 1 saturated heterocycles. The highest BCUT2D eigenvalue weighted by Crippen LogP contribution is 2.29. The van der Waals surface area contributed by atoms with Gasteiger partial charge in [-0.15, -0.1) is 0 Å². The molecular weight excluding hydrogens is 220 g/mol. The Kier molecular flexibility index (Phi) is 4.51. The average Bonchev–Trinajstić information content (AvgIpc) is 2.32. The molecule has 1 fully saturated rings. The molecule has 1 aliphatic heterocycles. The number of hydrogen-bond acceptors (Lipinski definition) is 3. The van der Waals surface area contributed by atoms with Gasteiger partial charge in [0.15, 0.2) is 0 Å². The first kappa shape index (κ1) is 14.0. The molecule has 1 heterocycles. The van der Waals surface area contributed by atoms with Crippen LogP contribution in [0.3, 0.4) is 0 Å². The van der Waals surface area contributed by atoms with Crippen LogP contribution >= 0.6 is 0 Å². The molecule has 1 N–H and O–H groups in total. The average molecular weight is 242 g/mol. The summed E-state index contributed by atoms with van der Waals surface area (Å²) in [5.74, 6) is -0.0806. The van der Waals surface area contributed by atoms with Crippen molar-refractivity contribution < 1.29 is 14.3 Å². The van der Waals surface area contributed by atoms with E-state index in [2.05, 4.69) is 5.32 Å². The molecule has 0 aliphatic carbocycles. The molecular formula is C12H22N2O3. The van der Waals surface area contributed by atoms with Gasteiger partial charge in [0.2, 0.25) is 11.8 Å². The first-order valence-electron chi connectivity index (χ1n) is 6.12. The molecule has 5 nitrogen and oxygen atoms in total. The van der Waals surface area contributed by atoms with Gasteiger partial charge in [-0.2, -0.15) is 0 Å². The highest BCUT2D eigenvalue weighted by molar-refractivity contribution is 5.98. The number of ether oxygens (including phenoxy) is 1. The van der Waals surface area contributed by atoms with Crippen molar-refractivity contribution >= 4 is 11.8 Å². The fraction of sp³-hybridized carbons (Fsp3) is 0.833. The number of methoxy groups -OCH3 is 1. The van der Waals surface area contributed by atoms with Crippen LogP contribution < -0.4 is 5.32 Å². The first-order chi connectivity index (χ1) is 8.03. The normalized spacial score (nSPS) is 21.3. The molecule has 1 rings (SSSR count). The van der Waals surface area contributed by atoms with Crippen molar-refractivity contribution in [1.29, 1.82) is 0 Å². The Balaban J connectivity index is 3.07. The van der Waals surface area contributed by atoms with Crippen molar-refractivity contribution in [3.05, 3.63) is 0 Å². The Hall–Kier alpha value is -1.10. The molecule has 0 saturated carbocycles. The van der Waals surface area contributed by atoms with E-state index in [1.807, 2.05) is 20.8 Å². The van der Waals surface area contributed by atoms with Crippen LogP contribution in [0.1, 0.15) is 33.6 Å². The summed E-state index contributed by atoms with van der Waals surface area (Å²) in [6, 6.07) is -0.0848. The second-order valence-electron chi connectivity index (χ2n) is 4.49. The Morgan fingerprint density at radius 3 is 2.47 bits per heavy atom. The maximum Gasteiger partial charge on any atom is 0.246 e. The predicted octanol–water partition coefficient (Wildman–Crippen LogP) is 0.539. The fourth-order valence-corrected chi connectivity index (χ4v) is 2.65. The predicted molar refractivity (Wildman–Crippen MR) is 64.5 cm³/mol. The van der Waals surface area contributed by atoms with Crippen LogP contribution in [-0.4, -0.2) is 48.6 Å². The smallest absolute Gasteiger partial charge is 0.246 e. The Morgan fingerprint density at radius 1 is 1.41 bits per heavy atom. The summed E-state index contributed by atoms with van der Waals surface area (Å²) in [7, 11) is 1.60. The van der Waals surface area contributed by atoms with Crippen LogP contribution in [0.15, 0.2) is 0 Å². The van der Waals surface area contributed by atoms with Crippen molar-refractivity contribution in [3.63, 3.8) is 0 Å². The van der Waals surface area contributed by atoms with E-state index in [-0.39, 0.29) is 24.4 Å². The maximum absolute atomic E-state index is 12.1. The molecule has 0 radical (unpaired) electrons. The van der Waals surface area contributed by atoms with Gasteiger partial charge in [0.25, 0.3) is 0 Å². The molecule has 1 unspecified atom stereocenters. The lowest BCUT2D eigenvalue weighted by molar-refractivity contribution is -0.159. The lowest BCUT2D eigenvalue weighted by Crippen LogP contribution is -2.69. The molecule has 0 aromatic carbocycles. The lowest BCUT2D eigenvalue weighted by atomic mass is 9.86. The molecule has 0 aromatic rings. The number of carbonyl (C=O) groups is 2. The summed E-state index contributed by atoms with van der Waals surface area (Å²) in [5.41, 5.74) is -0.715. The SMILES string of the molecule is CCC1(CC)C(=O)NCC(=O)N1C(C)COC. The van der Waals surface area contributed by atoms with Gasteiger partial charge < -0.3 is 15.0 Å². The minimum Gasteiger partial charge on any atom is -0.383 e. The van der Waals surface area contributed by atoms with Crippen LogP contribution in [0.5, 0.6) is 0 Å². The molecule has 98 valence electrons. The van der Waals surface area contributed by atoms with Crippen molar-refractivity contribution in [1.82, 2.24) is 10.2 Å². The van der Waals surface area contributed by atoms with Crippen LogP contribution in [0.25, 0.3) is 0 Å². The molecule has 5 heteroatoms. The van der Waals surface area contributed by atoms with Gasteiger partial charge in [0, 0.05) is 7.11 Å². The van der Waals surface area contributed by atoms with Crippen molar-refractivity contribution in [2.45, 2.75) is 45.2 Å². The number of nitrogens with zero attached hydrogens (tertiary/aromatic N) is 1. The van der Waals surface area contributed by atoms with E-state index in [4.69, 9.17) is 4.74 Å². The largest absolute Gasteiger partial charge is 0.383 e. The molecule has 0 spiro atoms. The minimum atomic E-state index is -0.715. The van der Waals surface area contributed by atoms with Crippen LogP contribution in [0.2, 0.25) is 0 Å². The summed E-state index contributed by atoms with van der Waals surface area (Å²) in [6.07, 6.45) is 1.24. The van der Waals surface area contributed by atoms with Crippen molar-refractivity contribution in [2.24, 2.45) is 0 Å². The first-order valence-corrected chi connectivity index (χ1v) is 6.12. The molecule has 17 heavy (non-hydrogen) atoms. The number of piperazine rings is 1. The standard InChI is InChI=1S/C12H22N2O3/c1-5-12(6-2)11(16)13-7-10(15)14(12)9(3)8-17-4/h9H,5-8H2,1-4H3,(H,13,16). The van der Waals surface area contributed by atoms with E-state index in [1.54, 1.807) is 12.0 Å². The number of hydrogen-bond donors (Lipinski definition) is 1. The number of carbonyl (C=O) groups excluding carboxylic acids is 2. The van der Waals surface area contributed by atoms with Gasteiger partial charge in [0.1, 0.15) is 5.54 Å². The molecule has 2 amide bonds. The number of rotatable bonds is 5. The van der Waals surface area contributed by atoms with Crippen molar-refractivity contribution in [3.8, 4) is 0 Å². The summed E-state index contributed by atoms with van der Waals surface area (Å²) >= 11 is 0. The second-order valence-corrected chi connectivity index (χ2v) is 4.49. The third-order valence-corrected chi connectivity index (χ3v) is 3.57. The fourth-order valence-electron chi connectivity index (χ4n) is 2.65. The molecule has 0 aromatic heterocycles. The van der Waals surface area contributed by atoms with Crippen molar-refractivity contribution in [2.75, 3.05) is 20.3 Å². The van der Waals surface area contributed by atoms with Crippen LogP contribution in [0.4, 0.5) is 0 Å². The van der Waals surface area contributed by atoms with E-state index in [0.29, 0.717) is 19.4 Å². The molecule has 0 bridgehead atoms. The zero-order chi connectivity index (χ0) is 13.1. The van der Waals surface area contributed by atoms with Gasteiger partial charge in [-0.05, 0) is 19.8 Å². The van der Waals surface area contributed by atoms with Gasteiger partial charge in [0.05, 0.1) is 19.2 Å². The minimum absolute atomic E-state index is 0.0298. The van der Waals surface area contributed by atoms with Gasteiger partial charge in [-0.1, -0.05) is 13.8 Å². The topological polar surface area (TPSA) is 58.6 Å². The van der Waals surface area contributed by atoms with E-state index in [0.717, 1.165) is 0 Å². The van der Waals surface area contributed by atoms with Gasteiger partial charge in [-0.25, -0.2) is 0 Å². The molecule has 1 atom stereocenters. The number of nitrogens with one attached hydrogen (secondary N) is 1. The summed E-state index contributed by atoms with van der Waals surface area (Å²) < 4.78 is 5.10. The van der Waals surface area contributed by atoms with E-state index in [9.17, 15) is 9.59 Å². The third kappa shape index (κ3) is 2.29. The summed E-state index contributed by atoms with van der Waals surface area (Å²) in [4.78, 5) is 25.8. The van der Waals surface area contributed by atoms with Gasteiger partial charge in [-0.3, -0.25) is 9.59 Å². The molecule has 1 aliphatic rings. The Morgan fingerprint density at radius 2 is 2.00 bits per heavy atom. The summed E-state index contributed by atoms with van der Waals surface area (Å²) in [5, 5.41) is 2.68. The van der Waals surface area contributed by atoms with Gasteiger partial charge >= 0.3 is 0 Å². The summed E-state index contributed by atoms with van der Waals surface area (Å²) in [6.45, 7) is 6.33. The zero-order valence-electron chi connectivity index (χ0n) is 11.1. The maximum atomic E-state index is 12.1. The quantitative estimate of drug-likeness (QED) is 0.765. The van der Waals surface area contributed by atoms with E-state index >= 15 is 0 Å². The Bertz CT molecular complexity index is 300. The Labute approximate surface area is 102 Å². The van der Waals surface area contributed by atoms with E-state index < -0.39 is 5.54 Å². The third-order valence-electron chi connectivity index (χ3n) is 3.57. The lowest BCUT2D eigenvalue weighted by Gasteiger charge is -2.47. The number of amides is 2. The van der Waals surface area contributed by atoms with Crippen LogP contribution in [-0.2, 0) is 14.3 Å². The zero-order valence-corrected chi connectivity index (χ0v) is 11.1. The monoisotopic (exact) mass is 242 g/mol. The van der Waals surface area contributed by atoms with E-state index in [1.165, 1.54) is 0 Å². The highest BCUT2D eigenvalue weighted by atomic mass is 16.5. The highest BCUT2D eigenvalue weighted by Gasteiger charge is 2.48. The second kappa shape index (κ2) is 5.49.